The van der Waals surface area contributed by atoms with Gasteiger partial charge < -0.3 is 15.6 Å². The lowest BCUT2D eigenvalue weighted by molar-refractivity contribution is -0.0498. The summed E-state index contributed by atoms with van der Waals surface area (Å²) >= 11 is 0. The fraction of sp³-hybridized carbons (Fsp3) is 0.538. The quantitative estimate of drug-likeness (QED) is 0.878. The average Bonchev–Trinajstić information content (AvgIpc) is 2.26. The topological polar surface area (TPSA) is 55.5 Å². The zero-order valence-electron chi connectivity index (χ0n) is 10.3. The summed E-state index contributed by atoms with van der Waals surface area (Å²) in [6, 6.07) is 5.63. The maximum Gasteiger partial charge on any atom is 0.387 e. The van der Waals surface area contributed by atoms with Gasteiger partial charge in [0.1, 0.15) is 5.75 Å². The maximum atomic E-state index is 12.0. The largest absolute Gasteiger partial charge is 0.435 e. The number of benzene rings is 1. The standard InChI is InChI=1S/C13H17F2NO2.ClH/c14-13(15)18-10-6-4-8(5-7-10)11(16)12(17)9-2-1-3-9;/h4-7,9,11-13,17H,1-3,16H2;1H/t11-,12+;/m0./s1. The Hall–Kier alpha value is -0.910. The van der Waals surface area contributed by atoms with Crippen molar-refractivity contribution in [1.82, 2.24) is 0 Å². The van der Waals surface area contributed by atoms with Crippen LogP contribution in [0.25, 0.3) is 0 Å². The number of ether oxygens (including phenoxy) is 1. The van der Waals surface area contributed by atoms with Gasteiger partial charge in [-0.3, -0.25) is 0 Å². The highest BCUT2D eigenvalue weighted by atomic mass is 35.5. The normalized spacial score (nSPS) is 18.4. The van der Waals surface area contributed by atoms with E-state index in [1.807, 2.05) is 0 Å². The zero-order valence-corrected chi connectivity index (χ0v) is 11.2. The summed E-state index contributed by atoms with van der Waals surface area (Å²) in [5, 5.41) is 10.0. The molecule has 2 rings (SSSR count). The Balaban J connectivity index is 0.00000180. The van der Waals surface area contributed by atoms with Crippen LogP contribution in [0.15, 0.2) is 24.3 Å². The van der Waals surface area contributed by atoms with Crippen LogP contribution in [0.1, 0.15) is 30.9 Å². The number of halogens is 3. The van der Waals surface area contributed by atoms with E-state index >= 15 is 0 Å². The van der Waals surface area contributed by atoms with Crippen LogP contribution >= 0.6 is 12.4 Å². The molecule has 0 radical (unpaired) electrons. The van der Waals surface area contributed by atoms with E-state index in [4.69, 9.17) is 5.73 Å². The summed E-state index contributed by atoms with van der Waals surface area (Å²) in [6.07, 6.45) is 2.57. The van der Waals surface area contributed by atoms with E-state index < -0.39 is 18.8 Å². The van der Waals surface area contributed by atoms with Crippen molar-refractivity contribution in [2.75, 3.05) is 0 Å². The van der Waals surface area contributed by atoms with Crippen LogP contribution in [0.2, 0.25) is 0 Å². The Kier molecular flexibility index (Phi) is 5.97. The monoisotopic (exact) mass is 293 g/mol. The summed E-state index contributed by atoms with van der Waals surface area (Å²) in [7, 11) is 0. The fourth-order valence-electron chi connectivity index (χ4n) is 2.14. The SMILES string of the molecule is Cl.N[C@@H](c1ccc(OC(F)F)cc1)[C@H](O)C1CCC1. The molecule has 1 aliphatic carbocycles. The van der Waals surface area contributed by atoms with E-state index in [1.54, 1.807) is 12.1 Å². The Morgan fingerprint density at radius 3 is 2.21 bits per heavy atom. The van der Waals surface area contributed by atoms with E-state index in [0.717, 1.165) is 24.8 Å². The fourth-order valence-corrected chi connectivity index (χ4v) is 2.14. The van der Waals surface area contributed by atoms with Crippen molar-refractivity contribution in [3.8, 4) is 5.75 Å². The van der Waals surface area contributed by atoms with Gasteiger partial charge in [-0.15, -0.1) is 12.4 Å². The first kappa shape index (κ1) is 16.1. The highest BCUT2D eigenvalue weighted by Crippen LogP contribution is 2.34. The minimum Gasteiger partial charge on any atom is -0.435 e. The molecule has 1 saturated carbocycles. The first-order valence-corrected chi connectivity index (χ1v) is 6.06. The van der Waals surface area contributed by atoms with Gasteiger partial charge in [-0.25, -0.2) is 0 Å². The van der Waals surface area contributed by atoms with Crippen molar-refractivity contribution in [3.63, 3.8) is 0 Å². The Morgan fingerprint density at radius 1 is 1.21 bits per heavy atom. The average molecular weight is 294 g/mol. The number of hydrogen-bond donors (Lipinski definition) is 2. The number of rotatable bonds is 5. The number of aliphatic hydroxyl groups excluding tert-OH is 1. The van der Waals surface area contributed by atoms with Crippen LogP contribution in [0, 0.1) is 5.92 Å². The first-order valence-electron chi connectivity index (χ1n) is 6.06. The molecule has 6 heteroatoms. The van der Waals surface area contributed by atoms with Crippen LogP contribution in [-0.2, 0) is 0 Å². The molecule has 1 aliphatic rings. The van der Waals surface area contributed by atoms with E-state index in [2.05, 4.69) is 4.74 Å². The number of nitrogens with two attached hydrogens (primary N) is 1. The first-order chi connectivity index (χ1) is 8.58. The summed E-state index contributed by atoms with van der Waals surface area (Å²) < 4.78 is 28.2. The molecular formula is C13H18ClF2NO2. The minimum absolute atomic E-state index is 0. The van der Waals surface area contributed by atoms with Crippen molar-refractivity contribution >= 4 is 12.4 Å². The van der Waals surface area contributed by atoms with Crippen molar-refractivity contribution in [3.05, 3.63) is 29.8 Å². The zero-order chi connectivity index (χ0) is 13.1. The molecule has 1 aromatic rings. The third-order valence-corrected chi connectivity index (χ3v) is 3.49. The highest BCUT2D eigenvalue weighted by Gasteiger charge is 2.30. The predicted octanol–water partition coefficient (Wildman–Crippen LogP) is 2.87. The van der Waals surface area contributed by atoms with Gasteiger partial charge >= 0.3 is 6.61 Å². The molecule has 0 unspecified atom stereocenters. The smallest absolute Gasteiger partial charge is 0.387 e. The van der Waals surface area contributed by atoms with Gasteiger partial charge in [-0.1, -0.05) is 18.6 Å². The summed E-state index contributed by atoms with van der Waals surface area (Å²) in [6.45, 7) is -2.83. The molecule has 0 aromatic heterocycles. The van der Waals surface area contributed by atoms with Crippen molar-refractivity contribution in [1.29, 1.82) is 0 Å². The predicted molar refractivity (Wildman–Crippen MR) is 70.6 cm³/mol. The lowest BCUT2D eigenvalue weighted by Crippen LogP contribution is -2.36. The van der Waals surface area contributed by atoms with E-state index in [0.29, 0.717) is 0 Å². The molecule has 0 amide bonds. The van der Waals surface area contributed by atoms with Crippen LogP contribution in [0.3, 0.4) is 0 Å². The summed E-state index contributed by atoms with van der Waals surface area (Å²) in [4.78, 5) is 0. The van der Waals surface area contributed by atoms with Gasteiger partial charge in [0.2, 0.25) is 0 Å². The van der Waals surface area contributed by atoms with E-state index in [1.165, 1.54) is 12.1 Å². The summed E-state index contributed by atoms with van der Waals surface area (Å²) in [5.74, 6) is 0.357. The van der Waals surface area contributed by atoms with Gasteiger partial charge in [-0.2, -0.15) is 8.78 Å². The Bertz CT molecular complexity index is 385. The molecule has 19 heavy (non-hydrogen) atoms. The third-order valence-electron chi connectivity index (χ3n) is 3.49. The van der Waals surface area contributed by atoms with Gasteiger partial charge in [0.05, 0.1) is 12.1 Å². The van der Waals surface area contributed by atoms with Crippen LogP contribution in [0.4, 0.5) is 8.78 Å². The van der Waals surface area contributed by atoms with E-state index in [-0.39, 0.29) is 24.1 Å². The molecule has 3 nitrogen and oxygen atoms in total. The molecule has 0 spiro atoms. The highest BCUT2D eigenvalue weighted by molar-refractivity contribution is 5.85. The third kappa shape index (κ3) is 4.03. The Morgan fingerprint density at radius 2 is 1.79 bits per heavy atom. The molecule has 108 valence electrons. The molecular weight excluding hydrogens is 276 g/mol. The second kappa shape index (κ2) is 7.03. The van der Waals surface area contributed by atoms with Crippen molar-refractivity contribution in [2.45, 2.75) is 38.0 Å². The number of hydrogen-bond acceptors (Lipinski definition) is 3. The van der Waals surface area contributed by atoms with Crippen LogP contribution < -0.4 is 10.5 Å². The van der Waals surface area contributed by atoms with Gasteiger partial charge in [0.15, 0.2) is 0 Å². The molecule has 2 atom stereocenters. The van der Waals surface area contributed by atoms with Gasteiger partial charge in [0.25, 0.3) is 0 Å². The molecule has 1 aromatic carbocycles. The molecule has 0 aliphatic heterocycles. The molecule has 1 fully saturated rings. The van der Waals surface area contributed by atoms with Crippen LogP contribution in [0.5, 0.6) is 5.75 Å². The van der Waals surface area contributed by atoms with Gasteiger partial charge in [-0.05, 0) is 36.5 Å². The minimum atomic E-state index is -2.83. The van der Waals surface area contributed by atoms with Gasteiger partial charge in [0, 0.05) is 0 Å². The molecule has 3 N–H and O–H groups in total. The van der Waals surface area contributed by atoms with Crippen molar-refractivity contribution in [2.24, 2.45) is 11.7 Å². The lowest BCUT2D eigenvalue weighted by atomic mass is 9.77. The number of aliphatic hydroxyl groups is 1. The molecule has 0 bridgehead atoms. The maximum absolute atomic E-state index is 12.0. The number of alkyl halides is 2. The van der Waals surface area contributed by atoms with Crippen molar-refractivity contribution < 1.29 is 18.6 Å². The van der Waals surface area contributed by atoms with Crippen LogP contribution in [-0.4, -0.2) is 17.8 Å². The molecule has 0 saturated heterocycles. The second-order valence-corrected chi connectivity index (χ2v) is 4.65. The Labute approximate surface area is 117 Å². The lowest BCUT2D eigenvalue weighted by Gasteiger charge is -2.33. The summed E-state index contributed by atoms with van der Waals surface area (Å²) in [5.41, 5.74) is 6.69. The molecule has 0 heterocycles. The second-order valence-electron chi connectivity index (χ2n) is 4.65. The van der Waals surface area contributed by atoms with E-state index in [9.17, 15) is 13.9 Å².